The van der Waals surface area contributed by atoms with E-state index in [0.29, 0.717) is 50.2 Å². The number of nitrogens with one attached hydrogen (secondary N) is 2. The summed E-state index contributed by atoms with van der Waals surface area (Å²) in [5.74, 6) is 0.443. The summed E-state index contributed by atoms with van der Waals surface area (Å²) in [6, 6.07) is 6.20. The molecular weight excluding hydrogens is 350 g/mol. The van der Waals surface area contributed by atoms with Crippen LogP contribution in [0.25, 0.3) is 0 Å². The number of carbonyl (C=O) groups excluding carboxylic acids is 1. The molecule has 0 aromatic heterocycles. The average Bonchev–Trinajstić information content (AvgIpc) is 2.54. The van der Waals surface area contributed by atoms with Crippen LogP contribution >= 0.6 is 11.6 Å². The first kappa shape index (κ1) is 19.2. The topological polar surface area (TPSA) is 70.9 Å². The third-order valence-electron chi connectivity index (χ3n) is 4.00. The quantitative estimate of drug-likeness (QED) is 0.736. The van der Waals surface area contributed by atoms with Gasteiger partial charge in [0, 0.05) is 11.6 Å². The van der Waals surface area contributed by atoms with E-state index in [0.717, 1.165) is 4.90 Å². The molecule has 0 bridgehead atoms. The molecule has 1 saturated heterocycles. The van der Waals surface area contributed by atoms with Crippen LogP contribution in [0.1, 0.15) is 13.8 Å². The summed E-state index contributed by atoms with van der Waals surface area (Å²) < 4.78 is 26.7. The largest absolute Gasteiger partial charge is 0.351 e. The minimum atomic E-state index is -3.49. The van der Waals surface area contributed by atoms with Gasteiger partial charge in [-0.05, 0) is 30.2 Å². The van der Waals surface area contributed by atoms with Crippen LogP contribution in [0.4, 0.5) is 0 Å². The highest BCUT2D eigenvalue weighted by Crippen LogP contribution is 2.18. The molecule has 0 saturated carbocycles. The minimum absolute atomic E-state index is 0.0210. The Kier molecular flexibility index (Phi) is 6.62. The molecule has 1 aliphatic heterocycles. The standard InChI is InChI=1S/C16H24ClN3O3S/c1-13(2)11-18-16(21)12-19-7-9-20(10-8-19)24(22,23)15-5-3-14(17)4-6-15/h3-6,13H,7-12H2,1-2H3,(H,18,21)/p+1. The average molecular weight is 375 g/mol. The van der Waals surface area contributed by atoms with E-state index in [1.54, 1.807) is 12.1 Å². The van der Waals surface area contributed by atoms with Crippen LogP contribution in [0.5, 0.6) is 0 Å². The molecular formula is C16H25ClN3O3S+. The maximum Gasteiger partial charge on any atom is 0.275 e. The number of halogens is 1. The van der Waals surface area contributed by atoms with Gasteiger partial charge in [0.15, 0.2) is 6.54 Å². The molecule has 0 unspecified atom stereocenters. The van der Waals surface area contributed by atoms with Crippen molar-refractivity contribution in [1.29, 1.82) is 0 Å². The number of piperazine rings is 1. The smallest absolute Gasteiger partial charge is 0.275 e. The molecule has 6 nitrogen and oxygen atoms in total. The maximum atomic E-state index is 12.6. The molecule has 0 radical (unpaired) electrons. The van der Waals surface area contributed by atoms with E-state index in [1.807, 2.05) is 13.8 Å². The molecule has 2 rings (SSSR count). The van der Waals surface area contributed by atoms with Crippen LogP contribution in [-0.2, 0) is 14.8 Å². The van der Waals surface area contributed by atoms with Gasteiger partial charge in [0.25, 0.3) is 5.91 Å². The molecule has 1 fully saturated rings. The Morgan fingerprint density at radius 3 is 2.38 bits per heavy atom. The fourth-order valence-electron chi connectivity index (χ4n) is 2.58. The van der Waals surface area contributed by atoms with Gasteiger partial charge in [0.1, 0.15) is 0 Å². The summed E-state index contributed by atoms with van der Waals surface area (Å²) in [7, 11) is -3.49. The number of rotatable bonds is 6. The summed E-state index contributed by atoms with van der Waals surface area (Å²) in [4.78, 5) is 13.2. The molecule has 8 heteroatoms. The van der Waals surface area contributed by atoms with Crippen LogP contribution in [-0.4, -0.2) is 57.9 Å². The third-order valence-corrected chi connectivity index (χ3v) is 6.16. The van der Waals surface area contributed by atoms with Gasteiger partial charge in [0.05, 0.1) is 31.1 Å². The van der Waals surface area contributed by atoms with Crippen molar-refractivity contribution in [3.8, 4) is 0 Å². The van der Waals surface area contributed by atoms with E-state index >= 15 is 0 Å². The number of carbonyl (C=O) groups is 1. The highest BCUT2D eigenvalue weighted by Gasteiger charge is 2.31. The lowest BCUT2D eigenvalue weighted by Gasteiger charge is -2.31. The Labute approximate surface area is 148 Å². The van der Waals surface area contributed by atoms with E-state index in [2.05, 4.69) is 5.32 Å². The number of hydrogen-bond donors (Lipinski definition) is 2. The van der Waals surface area contributed by atoms with Crippen LogP contribution < -0.4 is 10.2 Å². The molecule has 0 spiro atoms. The van der Waals surface area contributed by atoms with Gasteiger partial charge in [-0.1, -0.05) is 25.4 Å². The Balaban J connectivity index is 1.88. The van der Waals surface area contributed by atoms with Gasteiger partial charge in [-0.3, -0.25) is 4.79 Å². The zero-order valence-corrected chi connectivity index (χ0v) is 15.7. The number of sulfonamides is 1. The molecule has 24 heavy (non-hydrogen) atoms. The van der Waals surface area contributed by atoms with E-state index in [4.69, 9.17) is 11.6 Å². The molecule has 1 aliphatic rings. The number of hydrogen-bond acceptors (Lipinski definition) is 3. The summed E-state index contributed by atoms with van der Waals surface area (Å²) in [5, 5.41) is 3.41. The zero-order valence-electron chi connectivity index (χ0n) is 14.1. The summed E-state index contributed by atoms with van der Waals surface area (Å²) in [5.41, 5.74) is 0. The van der Waals surface area contributed by atoms with E-state index in [1.165, 1.54) is 16.4 Å². The van der Waals surface area contributed by atoms with Crippen molar-refractivity contribution >= 4 is 27.5 Å². The van der Waals surface area contributed by atoms with Crippen molar-refractivity contribution in [2.75, 3.05) is 39.3 Å². The Morgan fingerprint density at radius 1 is 1.25 bits per heavy atom. The van der Waals surface area contributed by atoms with E-state index < -0.39 is 10.0 Å². The fraction of sp³-hybridized carbons (Fsp3) is 0.562. The van der Waals surface area contributed by atoms with Crippen molar-refractivity contribution in [2.24, 2.45) is 5.92 Å². The highest BCUT2D eigenvalue weighted by molar-refractivity contribution is 7.89. The van der Waals surface area contributed by atoms with Crippen molar-refractivity contribution in [3.63, 3.8) is 0 Å². The second-order valence-corrected chi connectivity index (χ2v) is 8.86. The molecule has 1 aromatic rings. The first-order chi connectivity index (χ1) is 11.3. The fourth-order valence-corrected chi connectivity index (χ4v) is 4.15. The van der Waals surface area contributed by atoms with Crippen molar-refractivity contribution in [3.05, 3.63) is 29.3 Å². The Morgan fingerprint density at radius 2 is 1.83 bits per heavy atom. The zero-order chi connectivity index (χ0) is 17.7. The van der Waals surface area contributed by atoms with Gasteiger partial charge < -0.3 is 10.2 Å². The number of benzene rings is 1. The first-order valence-corrected chi connectivity index (χ1v) is 9.97. The third kappa shape index (κ3) is 5.17. The highest BCUT2D eigenvalue weighted by atomic mass is 35.5. The van der Waals surface area contributed by atoms with Gasteiger partial charge in [-0.15, -0.1) is 0 Å². The van der Waals surface area contributed by atoms with Crippen LogP contribution in [0.2, 0.25) is 5.02 Å². The van der Waals surface area contributed by atoms with Gasteiger partial charge in [-0.2, -0.15) is 4.31 Å². The molecule has 1 heterocycles. The number of nitrogens with zero attached hydrogens (tertiary/aromatic N) is 1. The van der Waals surface area contributed by atoms with Crippen LogP contribution in [0.15, 0.2) is 29.2 Å². The molecule has 1 amide bonds. The maximum absolute atomic E-state index is 12.6. The monoisotopic (exact) mass is 374 g/mol. The van der Waals surface area contributed by atoms with Crippen molar-refractivity contribution in [2.45, 2.75) is 18.7 Å². The second kappa shape index (κ2) is 8.29. The van der Waals surface area contributed by atoms with Gasteiger partial charge in [0.2, 0.25) is 10.0 Å². The van der Waals surface area contributed by atoms with Gasteiger partial charge in [-0.25, -0.2) is 8.42 Å². The summed E-state index contributed by atoms with van der Waals surface area (Å²) in [6.07, 6.45) is 0. The SMILES string of the molecule is CC(C)CNC(=O)C[NH+]1CCN(S(=O)(=O)c2ccc(Cl)cc2)CC1. The molecule has 1 aromatic carbocycles. The van der Waals surface area contributed by atoms with Crippen molar-refractivity contribution in [1.82, 2.24) is 9.62 Å². The van der Waals surface area contributed by atoms with E-state index in [-0.39, 0.29) is 10.8 Å². The predicted molar refractivity (Wildman–Crippen MR) is 93.6 cm³/mol. The first-order valence-electron chi connectivity index (χ1n) is 8.15. The molecule has 2 N–H and O–H groups in total. The summed E-state index contributed by atoms with van der Waals surface area (Å²) >= 11 is 5.81. The minimum Gasteiger partial charge on any atom is -0.351 e. The second-order valence-electron chi connectivity index (χ2n) is 6.48. The van der Waals surface area contributed by atoms with E-state index in [9.17, 15) is 13.2 Å². The lowest BCUT2D eigenvalue weighted by atomic mass is 10.2. The number of quaternary nitrogens is 1. The Hall–Kier alpha value is -1.15. The van der Waals surface area contributed by atoms with Gasteiger partial charge >= 0.3 is 0 Å². The molecule has 134 valence electrons. The normalized spacial score (nSPS) is 17.2. The van der Waals surface area contributed by atoms with Crippen LogP contribution in [0, 0.1) is 5.92 Å². The lowest BCUT2D eigenvalue weighted by Crippen LogP contribution is -3.15. The molecule has 0 aliphatic carbocycles. The van der Waals surface area contributed by atoms with Crippen LogP contribution in [0.3, 0.4) is 0 Å². The lowest BCUT2D eigenvalue weighted by molar-refractivity contribution is -0.895. The molecule has 0 atom stereocenters. The number of amides is 1. The Bertz CT molecular complexity index is 654. The summed E-state index contributed by atoms with van der Waals surface area (Å²) in [6.45, 7) is 7.24. The van der Waals surface area contributed by atoms with Crippen molar-refractivity contribution < 1.29 is 18.1 Å². The predicted octanol–water partition coefficient (Wildman–Crippen LogP) is 0.00140.